The lowest BCUT2D eigenvalue weighted by molar-refractivity contribution is 0.0618. The molecule has 0 unspecified atom stereocenters. The number of amides is 1. The van der Waals surface area contributed by atoms with Crippen molar-refractivity contribution in [2.45, 2.75) is 26.9 Å². The molecular weight excluding hydrogens is 426 g/mol. The third-order valence-electron chi connectivity index (χ3n) is 6.22. The zero-order valence-electron chi connectivity index (χ0n) is 19.6. The molecule has 174 valence electrons. The molecule has 7 nitrogen and oxygen atoms in total. The summed E-state index contributed by atoms with van der Waals surface area (Å²) in [5, 5.41) is 8.80. The van der Waals surface area contributed by atoms with E-state index in [1.165, 1.54) is 5.56 Å². The molecule has 1 amide bonds. The lowest BCUT2D eigenvalue weighted by atomic mass is 10.1. The van der Waals surface area contributed by atoms with Crippen molar-refractivity contribution in [3.63, 3.8) is 0 Å². The largest absolute Gasteiger partial charge is 0.360 e. The van der Waals surface area contributed by atoms with Gasteiger partial charge in [0.05, 0.1) is 24.3 Å². The zero-order valence-corrected chi connectivity index (χ0v) is 19.6. The first-order chi connectivity index (χ1) is 16.5. The van der Waals surface area contributed by atoms with E-state index < -0.39 is 0 Å². The van der Waals surface area contributed by atoms with Crippen LogP contribution < -0.4 is 0 Å². The van der Waals surface area contributed by atoms with E-state index in [0.29, 0.717) is 31.7 Å². The highest BCUT2D eigenvalue weighted by Gasteiger charge is 2.27. The van der Waals surface area contributed by atoms with Gasteiger partial charge in [-0.05, 0) is 19.4 Å². The van der Waals surface area contributed by atoms with Crippen molar-refractivity contribution in [1.29, 1.82) is 0 Å². The number of piperazine rings is 1. The Morgan fingerprint density at radius 2 is 1.68 bits per heavy atom. The Labute approximate surface area is 199 Å². The summed E-state index contributed by atoms with van der Waals surface area (Å²) in [5.74, 6) is 0.895. The van der Waals surface area contributed by atoms with Crippen LogP contribution in [0.25, 0.3) is 11.3 Å². The second kappa shape index (κ2) is 9.65. The molecule has 4 aromatic rings. The number of carbonyl (C=O) groups excluding carboxylic acids is 1. The van der Waals surface area contributed by atoms with Gasteiger partial charge in [-0.25, -0.2) is 0 Å². The highest BCUT2D eigenvalue weighted by atomic mass is 16.5. The predicted octanol–water partition coefficient (Wildman–Crippen LogP) is 4.16. The van der Waals surface area contributed by atoms with Gasteiger partial charge >= 0.3 is 0 Å². The third-order valence-corrected chi connectivity index (χ3v) is 6.22. The molecule has 34 heavy (non-hydrogen) atoms. The second-order valence-corrected chi connectivity index (χ2v) is 8.94. The second-order valence-electron chi connectivity index (χ2n) is 8.94. The molecule has 2 aromatic carbocycles. The van der Waals surface area contributed by atoms with Crippen LogP contribution in [-0.4, -0.2) is 56.8 Å². The average molecular weight is 456 g/mol. The Hall–Kier alpha value is -3.71. The lowest BCUT2D eigenvalue weighted by Crippen LogP contribution is -2.48. The van der Waals surface area contributed by atoms with Crippen LogP contribution in [0.3, 0.4) is 0 Å². The monoisotopic (exact) mass is 455 g/mol. The summed E-state index contributed by atoms with van der Waals surface area (Å²) >= 11 is 0. The molecule has 1 aliphatic rings. The maximum Gasteiger partial charge on any atom is 0.257 e. The van der Waals surface area contributed by atoms with Crippen LogP contribution in [0.1, 0.15) is 32.9 Å². The lowest BCUT2D eigenvalue weighted by Gasteiger charge is -2.34. The molecule has 0 N–H and O–H groups in total. The minimum absolute atomic E-state index is 0.0325. The molecule has 0 aliphatic carbocycles. The van der Waals surface area contributed by atoms with E-state index in [9.17, 15) is 4.79 Å². The van der Waals surface area contributed by atoms with Crippen molar-refractivity contribution in [1.82, 2.24) is 24.7 Å². The smallest absolute Gasteiger partial charge is 0.257 e. The Morgan fingerprint density at radius 1 is 0.941 bits per heavy atom. The summed E-state index contributed by atoms with van der Waals surface area (Å²) in [6.07, 6.45) is 1.90. The van der Waals surface area contributed by atoms with Crippen molar-refractivity contribution in [2.75, 3.05) is 26.2 Å². The summed E-state index contributed by atoms with van der Waals surface area (Å²) in [7, 11) is 0. The number of carbonyl (C=O) groups is 1. The van der Waals surface area contributed by atoms with Crippen LogP contribution in [0.5, 0.6) is 0 Å². The molecule has 3 heterocycles. The molecule has 1 aliphatic heterocycles. The number of nitrogens with zero attached hydrogens (tertiary/aromatic N) is 5. The van der Waals surface area contributed by atoms with Gasteiger partial charge in [-0.1, -0.05) is 65.3 Å². The number of aryl methyl sites for hydroxylation is 2. The van der Waals surface area contributed by atoms with Gasteiger partial charge in [0.2, 0.25) is 0 Å². The fraction of sp³-hybridized carbons (Fsp3) is 0.296. The van der Waals surface area contributed by atoms with E-state index in [4.69, 9.17) is 9.62 Å². The van der Waals surface area contributed by atoms with Gasteiger partial charge in [0.25, 0.3) is 5.91 Å². The average Bonchev–Trinajstić information content (AvgIpc) is 3.46. The summed E-state index contributed by atoms with van der Waals surface area (Å²) in [4.78, 5) is 17.8. The number of benzene rings is 2. The van der Waals surface area contributed by atoms with Gasteiger partial charge in [-0.2, -0.15) is 5.10 Å². The van der Waals surface area contributed by atoms with Gasteiger partial charge in [0.1, 0.15) is 5.69 Å². The first kappa shape index (κ1) is 22.1. The van der Waals surface area contributed by atoms with Gasteiger partial charge in [-0.3, -0.25) is 14.4 Å². The van der Waals surface area contributed by atoms with Crippen LogP contribution >= 0.6 is 0 Å². The van der Waals surface area contributed by atoms with Crippen LogP contribution in [0.2, 0.25) is 0 Å². The quantitative estimate of drug-likeness (QED) is 0.437. The predicted molar refractivity (Wildman–Crippen MR) is 130 cm³/mol. The fourth-order valence-corrected chi connectivity index (χ4v) is 4.34. The van der Waals surface area contributed by atoms with E-state index in [-0.39, 0.29) is 5.91 Å². The molecule has 2 aromatic heterocycles. The van der Waals surface area contributed by atoms with E-state index in [1.807, 2.05) is 59.1 Å². The van der Waals surface area contributed by atoms with Crippen molar-refractivity contribution in [2.24, 2.45) is 0 Å². The molecular formula is C27H29N5O2. The summed E-state index contributed by atoms with van der Waals surface area (Å²) in [6.45, 7) is 8.25. The Morgan fingerprint density at radius 3 is 2.35 bits per heavy atom. The maximum atomic E-state index is 13.6. The SMILES string of the molecule is Cc1ccc(-c2nn(Cc3ccccc3)cc2C(=O)N2CCN(Cc3cc(C)no3)CC2)cc1. The molecule has 5 rings (SSSR count). The van der Waals surface area contributed by atoms with Gasteiger partial charge in [-0.15, -0.1) is 0 Å². The molecule has 1 saturated heterocycles. The Kier molecular flexibility index (Phi) is 6.27. The summed E-state index contributed by atoms with van der Waals surface area (Å²) < 4.78 is 7.23. The van der Waals surface area contributed by atoms with Crippen LogP contribution in [0.4, 0.5) is 0 Å². The highest BCUT2D eigenvalue weighted by molar-refractivity contribution is 5.99. The van der Waals surface area contributed by atoms with Gasteiger partial charge in [0.15, 0.2) is 5.76 Å². The number of hydrogen-bond acceptors (Lipinski definition) is 5. The molecule has 0 bridgehead atoms. The minimum Gasteiger partial charge on any atom is -0.360 e. The molecule has 1 fully saturated rings. The molecule has 7 heteroatoms. The van der Waals surface area contributed by atoms with Crippen LogP contribution in [0.15, 0.2) is 71.4 Å². The summed E-state index contributed by atoms with van der Waals surface area (Å²) in [6, 6.07) is 20.4. The van der Waals surface area contributed by atoms with Crippen LogP contribution in [0, 0.1) is 13.8 Å². The normalized spacial score (nSPS) is 14.5. The van der Waals surface area contributed by atoms with Gasteiger partial charge < -0.3 is 9.42 Å². The molecule has 0 saturated carbocycles. The zero-order chi connectivity index (χ0) is 23.5. The first-order valence-corrected chi connectivity index (χ1v) is 11.7. The van der Waals surface area contributed by atoms with E-state index in [2.05, 4.69) is 41.2 Å². The summed E-state index contributed by atoms with van der Waals surface area (Å²) in [5.41, 5.74) is 5.56. The van der Waals surface area contributed by atoms with Crippen molar-refractivity contribution < 1.29 is 9.32 Å². The van der Waals surface area contributed by atoms with Crippen molar-refractivity contribution in [3.05, 3.63) is 95.0 Å². The van der Waals surface area contributed by atoms with Gasteiger partial charge in [0, 0.05) is 44.0 Å². The van der Waals surface area contributed by atoms with E-state index >= 15 is 0 Å². The first-order valence-electron chi connectivity index (χ1n) is 11.7. The number of rotatable bonds is 6. The highest BCUT2D eigenvalue weighted by Crippen LogP contribution is 2.25. The number of hydrogen-bond donors (Lipinski definition) is 0. The number of aromatic nitrogens is 3. The Bertz CT molecular complexity index is 1250. The fourth-order valence-electron chi connectivity index (χ4n) is 4.34. The standard InChI is InChI=1S/C27H29N5O2/c1-20-8-10-23(11-9-20)26-25(19-32(28-26)17-22-6-4-3-5-7-22)27(33)31-14-12-30(13-15-31)18-24-16-21(2)29-34-24/h3-11,16,19H,12-15,17-18H2,1-2H3. The van der Waals surface area contributed by atoms with E-state index in [0.717, 1.165) is 41.4 Å². The minimum atomic E-state index is 0.0325. The van der Waals surface area contributed by atoms with E-state index in [1.54, 1.807) is 0 Å². The molecule has 0 radical (unpaired) electrons. The topological polar surface area (TPSA) is 67.4 Å². The van der Waals surface area contributed by atoms with Crippen molar-refractivity contribution in [3.8, 4) is 11.3 Å². The maximum absolute atomic E-state index is 13.6. The van der Waals surface area contributed by atoms with Crippen LogP contribution in [-0.2, 0) is 13.1 Å². The molecule has 0 atom stereocenters. The van der Waals surface area contributed by atoms with Crippen molar-refractivity contribution >= 4 is 5.91 Å². The third kappa shape index (κ3) is 4.94. The Balaban J connectivity index is 1.34. The molecule has 0 spiro atoms.